The molecule has 0 saturated heterocycles. The Morgan fingerprint density at radius 1 is 0.976 bits per heavy atom. The van der Waals surface area contributed by atoms with E-state index in [0.29, 0.717) is 17.2 Å². The predicted octanol–water partition coefficient (Wildman–Crippen LogP) is 6.90. The summed E-state index contributed by atoms with van der Waals surface area (Å²) < 4.78 is 41.2. The van der Waals surface area contributed by atoms with E-state index in [-0.39, 0.29) is 42.0 Å². The third kappa shape index (κ3) is 9.68. The molecule has 1 fully saturated rings. The number of ether oxygens (including phenoxy) is 1. The fourth-order valence-electron chi connectivity index (χ4n) is 5.27. The summed E-state index contributed by atoms with van der Waals surface area (Å²) >= 11 is 0. The average Bonchev–Trinajstić information content (AvgIpc) is 2.92. The van der Waals surface area contributed by atoms with Gasteiger partial charge in [-0.25, -0.2) is 4.79 Å². The highest BCUT2D eigenvalue weighted by Crippen LogP contribution is 2.45. The predicted molar refractivity (Wildman–Crippen MR) is 149 cm³/mol. The zero-order valence-corrected chi connectivity index (χ0v) is 23.5. The van der Waals surface area contributed by atoms with Crippen LogP contribution in [0, 0.1) is 17.3 Å². The van der Waals surface area contributed by atoms with Gasteiger partial charge in [0.15, 0.2) is 0 Å². The van der Waals surface area contributed by atoms with E-state index >= 15 is 0 Å². The summed E-state index contributed by atoms with van der Waals surface area (Å²) in [5.74, 6) is -1.06. The molecule has 1 unspecified atom stereocenters. The van der Waals surface area contributed by atoms with Crippen molar-refractivity contribution in [2.24, 2.45) is 17.3 Å². The molecule has 11 heteroatoms. The van der Waals surface area contributed by atoms with Gasteiger partial charge < -0.3 is 25.8 Å². The van der Waals surface area contributed by atoms with Crippen molar-refractivity contribution < 1.29 is 37.4 Å². The molecule has 1 aliphatic carbocycles. The molecule has 0 heterocycles. The lowest BCUT2D eigenvalue weighted by Crippen LogP contribution is -2.39. The number of rotatable bonds is 11. The quantitative estimate of drug-likeness (QED) is 0.232. The summed E-state index contributed by atoms with van der Waals surface area (Å²) in [6.07, 6.45) is -0.0543. The molecule has 0 aliphatic heterocycles. The second kappa shape index (κ2) is 13.7. The minimum absolute atomic E-state index is 0.0148. The Kier molecular flexibility index (Phi) is 10.6. The first-order valence-electron chi connectivity index (χ1n) is 13.8. The Morgan fingerprint density at radius 2 is 1.59 bits per heavy atom. The Balaban J connectivity index is 1.73. The fourth-order valence-corrected chi connectivity index (χ4v) is 5.27. The number of halogens is 3. The highest BCUT2D eigenvalue weighted by molar-refractivity contribution is 5.94. The fraction of sp³-hybridized carbons (Fsp3) is 0.500. The van der Waals surface area contributed by atoms with E-state index in [0.717, 1.165) is 49.8 Å². The molecule has 2 aromatic carbocycles. The molecule has 1 aliphatic rings. The normalized spacial score (nSPS) is 18.2. The number of carbonyl (C=O) groups is 3. The van der Waals surface area contributed by atoms with Crippen molar-refractivity contribution in [1.29, 1.82) is 0 Å². The highest BCUT2D eigenvalue weighted by Gasteiger charge is 2.35. The van der Waals surface area contributed by atoms with Crippen LogP contribution < -0.4 is 20.7 Å². The van der Waals surface area contributed by atoms with Gasteiger partial charge in [-0.2, -0.15) is 0 Å². The number of alkyl halides is 3. The zero-order chi connectivity index (χ0) is 30.2. The average molecular weight is 578 g/mol. The maximum absolute atomic E-state index is 13.0. The number of nitrogens with one attached hydrogen (secondary N) is 3. The standard InChI is InChI=1S/C30H38F3N3O5/c1-4-29(2,3)22-11-9-20(10-12-22)26(19-5-7-21(8-6-19)27(39)34-18-17-25(37)38)36-28(40)35-23-13-15-24(16-14-23)41-30(31,32)33/h5-8,13-16,20,22,26H,4,9-12,17-18H2,1-3H3,(H,34,39)(H,37,38)(H2,35,36,40). The number of amides is 3. The van der Waals surface area contributed by atoms with Crippen molar-refractivity contribution >= 4 is 23.6 Å². The third-order valence-corrected chi connectivity index (χ3v) is 8.05. The van der Waals surface area contributed by atoms with Gasteiger partial charge in [0.2, 0.25) is 0 Å². The van der Waals surface area contributed by atoms with Crippen molar-refractivity contribution in [3.8, 4) is 5.75 Å². The van der Waals surface area contributed by atoms with Gasteiger partial charge in [-0.15, -0.1) is 13.2 Å². The number of carboxylic acids is 1. The van der Waals surface area contributed by atoms with Crippen molar-refractivity contribution in [2.45, 2.75) is 71.7 Å². The van der Waals surface area contributed by atoms with Crippen molar-refractivity contribution in [3.63, 3.8) is 0 Å². The molecule has 0 radical (unpaired) electrons. The number of carboxylic acid groups (broad SMARTS) is 1. The van der Waals surface area contributed by atoms with E-state index < -0.39 is 18.4 Å². The molecule has 0 spiro atoms. The Labute approximate surface area is 238 Å². The molecule has 1 atom stereocenters. The maximum Gasteiger partial charge on any atom is 0.573 e. The van der Waals surface area contributed by atoms with Gasteiger partial charge in [-0.3, -0.25) is 9.59 Å². The van der Waals surface area contributed by atoms with Crippen LogP contribution in [-0.4, -0.2) is 35.9 Å². The molecule has 41 heavy (non-hydrogen) atoms. The summed E-state index contributed by atoms with van der Waals surface area (Å²) in [5.41, 5.74) is 1.71. The third-order valence-electron chi connectivity index (χ3n) is 8.05. The van der Waals surface area contributed by atoms with Gasteiger partial charge in [-0.1, -0.05) is 39.3 Å². The van der Waals surface area contributed by atoms with Crippen LogP contribution in [-0.2, 0) is 4.79 Å². The summed E-state index contributed by atoms with van der Waals surface area (Å²) in [7, 11) is 0. The van der Waals surface area contributed by atoms with Crippen LogP contribution in [0.2, 0.25) is 0 Å². The van der Waals surface area contributed by atoms with Gasteiger partial charge >= 0.3 is 18.4 Å². The molecule has 8 nitrogen and oxygen atoms in total. The van der Waals surface area contributed by atoms with Crippen LogP contribution in [0.5, 0.6) is 5.75 Å². The first-order chi connectivity index (χ1) is 19.3. The van der Waals surface area contributed by atoms with Crippen LogP contribution >= 0.6 is 0 Å². The number of hydrogen-bond donors (Lipinski definition) is 4. The number of aliphatic carboxylic acids is 1. The Bertz CT molecular complexity index is 1180. The molecule has 2 aromatic rings. The Hall–Kier alpha value is -3.76. The molecule has 0 aromatic heterocycles. The topological polar surface area (TPSA) is 117 Å². The van der Waals surface area contributed by atoms with E-state index in [2.05, 4.69) is 41.5 Å². The summed E-state index contributed by atoms with van der Waals surface area (Å²) in [5, 5.41) is 17.1. The van der Waals surface area contributed by atoms with E-state index in [1.165, 1.54) is 12.1 Å². The number of hydrogen-bond acceptors (Lipinski definition) is 4. The van der Waals surface area contributed by atoms with Crippen LogP contribution in [0.25, 0.3) is 0 Å². The van der Waals surface area contributed by atoms with Gasteiger partial charge in [-0.05, 0) is 84.9 Å². The lowest BCUT2D eigenvalue weighted by molar-refractivity contribution is -0.274. The van der Waals surface area contributed by atoms with Gasteiger partial charge in [0.1, 0.15) is 5.75 Å². The van der Waals surface area contributed by atoms with Gasteiger partial charge in [0, 0.05) is 17.8 Å². The van der Waals surface area contributed by atoms with Crippen LogP contribution in [0.1, 0.15) is 81.3 Å². The lowest BCUT2D eigenvalue weighted by atomic mass is 9.66. The highest BCUT2D eigenvalue weighted by atomic mass is 19.4. The SMILES string of the molecule is CCC(C)(C)C1CCC(C(NC(=O)Nc2ccc(OC(F)(F)F)cc2)c2ccc(C(=O)NCCC(=O)O)cc2)CC1. The minimum Gasteiger partial charge on any atom is -0.481 e. The smallest absolute Gasteiger partial charge is 0.481 e. The molecule has 0 bridgehead atoms. The van der Waals surface area contributed by atoms with Crippen LogP contribution in [0.3, 0.4) is 0 Å². The Morgan fingerprint density at radius 3 is 2.12 bits per heavy atom. The molecule has 3 amide bonds. The van der Waals surface area contributed by atoms with Crippen molar-refractivity contribution in [2.75, 3.05) is 11.9 Å². The molecule has 4 N–H and O–H groups in total. The van der Waals surface area contributed by atoms with Crippen molar-refractivity contribution in [1.82, 2.24) is 10.6 Å². The van der Waals surface area contributed by atoms with Crippen LogP contribution in [0.15, 0.2) is 48.5 Å². The molecule has 224 valence electrons. The van der Waals surface area contributed by atoms with E-state index in [9.17, 15) is 27.6 Å². The van der Waals surface area contributed by atoms with Crippen LogP contribution in [0.4, 0.5) is 23.7 Å². The first kappa shape index (κ1) is 31.8. The molecule has 3 rings (SSSR count). The monoisotopic (exact) mass is 577 g/mol. The number of urea groups is 1. The van der Waals surface area contributed by atoms with E-state index in [1.807, 2.05) is 0 Å². The summed E-state index contributed by atoms with van der Waals surface area (Å²) in [6, 6.07) is 10.9. The first-order valence-corrected chi connectivity index (χ1v) is 13.8. The largest absolute Gasteiger partial charge is 0.573 e. The lowest BCUT2D eigenvalue weighted by Gasteiger charge is -2.41. The second-order valence-corrected chi connectivity index (χ2v) is 11.1. The molecular weight excluding hydrogens is 539 g/mol. The number of benzene rings is 2. The van der Waals surface area contributed by atoms with Gasteiger partial charge in [0.05, 0.1) is 12.5 Å². The summed E-state index contributed by atoms with van der Waals surface area (Å²) in [6.45, 7) is 6.78. The number of anilines is 1. The van der Waals surface area contributed by atoms with Gasteiger partial charge in [0.25, 0.3) is 5.91 Å². The minimum atomic E-state index is -4.81. The number of carbonyl (C=O) groups excluding carboxylic acids is 2. The molecule has 1 saturated carbocycles. The van der Waals surface area contributed by atoms with Crippen molar-refractivity contribution in [3.05, 3.63) is 59.7 Å². The maximum atomic E-state index is 13.0. The second-order valence-electron chi connectivity index (χ2n) is 11.1. The zero-order valence-electron chi connectivity index (χ0n) is 23.5. The summed E-state index contributed by atoms with van der Waals surface area (Å²) in [4.78, 5) is 36.1. The van der Waals surface area contributed by atoms with E-state index in [1.54, 1.807) is 24.3 Å². The van der Waals surface area contributed by atoms with E-state index in [4.69, 9.17) is 5.11 Å². The molecular formula is C30H38F3N3O5.